The molecule has 0 heterocycles. The minimum atomic E-state index is -1.08. The first-order chi connectivity index (χ1) is 17.7. The molecule has 2 aliphatic carbocycles. The second kappa shape index (κ2) is 13.4. The van der Waals surface area contributed by atoms with E-state index >= 15 is 0 Å². The summed E-state index contributed by atoms with van der Waals surface area (Å²) in [4.78, 5) is 58.5. The number of carboxylic acids is 1. The minimum Gasteiger partial charge on any atom is -0.481 e. The van der Waals surface area contributed by atoms with Gasteiger partial charge in [0.05, 0.1) is 17.8 Å². The first kappa shape index (κ1) is 27.7. The summed E-state index contributed by atoms with van der Waals surface area (Å²) in [5.41, 5.74) is 0. The molecule has 0 bridgehead atoms. The van der Waals surface area contributed by atoms with Crippen LogP contribution < -0.4 is 9.47 Å². The summed E-state index contributed by atoms with van der Waals surface area (Å²) in [5.74, 6) is -2.79. The van der Waals surface area contributed by atoms with Gasteiger partial charge in [-0.3, -0.25) is 14.4 Å². The molecule has 1 aromatic rings. The standard InChI is InChI=1S/C26H30O11/c1-2-22(27)33-15-34-26(32)37-21-13-11-20(12-14-21)36-25(31)18-7-9-19(10-8-18)35-24(30)17-5-3-16(4-6-17)23(28)29/h2,11-14,16-19H,1,3-10,15H2,(H,28,29). The summed E-state index contributed by atoms with van der Waals surface area (Å²) >= 11 is 0. The van der Waals surface area contributed by atoms with E-state index in [9.17, 15) is 24.0 Å². The van der Waals surface area contributed by atoms with Crippen LogP contribution in [-0.2, 0) is 33.4 Å². The van der Waals surface area contributed by atoms with Crippen LogP contribution in [0.15, 0.2) is 36.9 Å². The zero-order chi connectivity index (χ0) is 26.8. The zero-order valence-electron chi connectivity index (χ0n) is 20.3. The molecule has 0 unspecified atom stereocenters. The predicted molar refractivity (Wildman–Crippen MR) is 125 cm³/mol. The van der Waals surface area contributed by atoms with Gasteiger partial charge < -0.3 is 28.8 Å². The van der Waals surface area contributed by atoms with E-state index in [4.69, 9.17) is 19.3 Å². The topological polar surface area (TPSA) is 152 Å². The van der Waals surface area contributed by atoms with E-state index in [1.165, 1.54) is 24.3 Å². The smallest absolute Gasteiger partial charge is 0.481 e. The molecule has 0 spiro atoms. The molecule has 2 fully saturated rings. The van der Waals surface area contributed by atoms with Crippen LogP contribution in [-0.4, -0.2) is 48.0 Å². The fourth-order valence-electron chi connectivity index (χ4n) is 4.35. The lowest BCUT2D eigenvalue weighted by Gasteiger charge is -2.30. The first-order valence-corrected chi connectivity index (χ1v) is 12.1. The van der Waals surface area contributed by atoms with Crippen molar-refractivity contribution in [1.29, 1.82) is 0 Å². The van der Waals surface area contributed by atoms with Gasteiger partial charge in [0.15, 0.2) is 0 Å². The Labute approximate surface area is 213 Å². The van der Waals surface area contributed by atoms with E-state index in [0.29, 0.717) is 51.4 Å². The van der Waals surface area contributed by atoms with Gasteiger partial charge in [-0.05, 0) is 75.6 Å². The van der Waals surface area contributed by atoms with Crippen LogP contribution in [0.4, 0.5) is 4.79 Å². The predicted octanol–water partition coefficient (Wildman–Crippen LogP) is 3.79. The molecule has 0 aliphatic heterocycles. The second-order valence-electron chi connectivity index (χ2n) is 8.97. The maximum atomic E-state index is 12.6. The Hall–Kier alpha value is -3.89. The van der Waals surface area contributed by atoms with Gasteiger partial charge in [0.25, 0.3) is 0 Å². The third-order valence-corrected chi connectivity index (χ3v) is 6.49. The number of benzene rings is 1. The highest BCUT2D eigenvalue weighted by Crippen LogP contribution is 2.33. The average Bonchev–Trinajstić information content (AvgIpc) is 2.90. The minimum absolute atomic E-state index is 0.138. The Bertz CT molecular complexity index is 984. The van der Waals surface area contributed by atoms with Crippen LogP contribution in [0.1, 0.15) is 51.4 Å². The number of carboxylic acid groups (broad SMARTS) is 1. The Morgan fingerprint density at radius 2 is 1.27 bits per heavy atom. The fraction of sp³-hybridized carbons (Fsp3) is 0.500. The van der Waals surface area contributed by atoms with Crippen molar-refractivity contribution in [3.8, 4) is 11.5 Å². The molecule has 0 radical (unpaired) electrons. The van der Waals surface area contributed by atoms with E-state index < -0.39 is 30.9 Å². The lowest BCUT2D eigenvalue weighted by molar-refractivity contribution is -0.159. The van der Waals surface area contributed by atoms with E-state index in [2.05, 4.69) is 16.1 Å². The van der Waals surface area contributed by atoms with Gasteiger partial charge in [0.2, 0.25) is 6.79 Å². The molecule has 2 saturated carbocycles. The van der Waals surface area contributed by atoms with Crippen LogP contribution in [0.2, 0.25) is 0 Å². The largest absolute Gasteiger partial charge is 0.516 e. The Kier molecular flexibility index (Phi) is 10.0. The van der Waals surface area contributed by atoms with Gasteiger partial charge in [0, 0.05) is 6.08 Å². The van der Waals surface area contributed by atoms with Gasteiger partial charge in [-0.25, -0.2) is 9.59 Å². The lowest BCUT2D eigenvalue weighted by Crippen LogP contribution is -2.33. The number of rotatable bonds is 9. The second-order valence-corrected chi connectivity index (χ2v) is 8.97. The Morgan fingerprint density at radius 1 is 0.757 bits per heavy atom. The summed E-state index contributed by atoms with van der Waals surface area (Å²) in [6.45, 7) is 2.59. The van der Waals surface area contributed by atoms with Crippen LogP contribution in [0, 0.1) is 17.8 Å². The molecule has 1 aromatic carbocycles. The van der Waals surface area contributed by atoms with Crippen molar-refractivity contribution in [2.75, 3.05) is 6.79 Å². The lowest BCUT2D eigenvalue weighted by atomic mass is 9.82. The van der Waals surface area contributed by atoms with Crippen molar-refractivity contribution in [1.82, 2.24) is 0 Å². The molecule has 3 rings (SSSR count). The third-order valence-electron chi connectivity index (χ3n) is 6.49. The van der Waals surface area contributed by atoms with Crippen LogP contribution in [0.3, 0.4) is 0 Å². The summed E-state index contributed by atoms with van der Waals surface area (Å²) < 4.78 is 25.1. The quantitative estimate of drug-likeness (QED) is 0.167. The number of aliphatic carboxylic acids is 1. The highest BCUT2D eigenvalue weighted by molar-refractivity contribution is 5.81. The molecule has 0 saturated heterocycles. The SMILES string of the molecule is C=CC(=O)OCOC(=O)Oc1ccc(OC(=O)C2CCC(OC(=O)C3CCC(C(=O)O)CC3)CC2)cc1. The highest BCUT2D eigenvalue weighted by atomic mass is 16.8. The third kappa shape index (κ3) is 8.62. The maximum absolute atomic E-state index is 12.6. The molecular weight excluding hydrogens is 488 g/mol. The average molecular weight is 519 g/mol. The van der Waals surface area contributed by atoms with Gasteiger partial charge in [-0.15, -0.1) is 0 Å². The summed E-state index contributed by atoms with van der Waals surface area (Å²) in [5, 5.41) is 9.09. The van der Waals surface area contributed by atoms with Gasteiger partial charge >= 0.3 is 30.0 Å². The molecule has 0 amide bonds. The summed E-state index contributed by atoms with van der Waals surface area (Å²) in [7, 11) is 0. The number of esters is 3. The molecule has 1 N–H and O–H groups in total. The normalized spacial score (nSPS) is 23.1. The zero-order valence-corrected chi connectivity index (χ0v) is 20.3. The van der Waals surface area contributed by atoms with Gasteiger partial charge in [0.1, 0.15) is 17.6 Å². The van der Waals surface area contributed by atoms with Crippen LogP contribution >= 0.6 is 0 Å². The molecule has 0 atom stereocenters. The molecule has 11 heteroatoms. The monoisotopic (exact) mass is 518 g/mol. The van der Waals surface area contributed by atoms with E-state index in [-0.39, 0.29) is 41.3 Å². The first-order valence-electron chi connectivity index (χ1n) is 12.1. The molecule has 37 heavy (non-hydrogen) atoms. The summed E-state index contributed by atoms with van der Waals surface area (Å²) in [6.07, 6.45) is 3.74. The van der Waals surface area contributed by atoms with Crippen molar-refractivity contribution in [2.24, 2.45) is 17.8 Å². The van der Waals surface area contributed by atoms with Crippen molar-refractivity contribution >= 4 is 30.0 Å². The fourth-order valence-corrected chi connectivity index (χ4v) is 4.35. The summed E-state index contributed by atoms with van der Waals surface area (Å²) in [6, 6.07) is 5.76. The van der Waals surface area contributed by atoms with E-state index in [1.807, 2.05) is 0 Å². The van der Waals surface area contributed by atoms with Crippen molar-refractivity contribution in [3.05, 3.63) is 36.9 Å². The number of carbonyl (C=O) groups is 5. The molecular formula is C26H30O11. The van der Waals surface area contributed by atoms with Crippen LogP contribution in [0.5, 0.6) is 11.5 Å². The van der Waals surface area contributed by atoms with Crippen LogP contribution in [0.25, 0.3) is 0 Å². The van der Waals surface area contributed by atoms with E-state index in [0.717, 1.165) is 6.08 Å². The molecule has 200 valence electrons. The molecule has 2 aliphatic rings. The number of ether oxygens (including phenoxy) is 5. The van der Waals surface area contributed by atoms with Gasteiger partial charge in [-0.1, -0.05) is 6.58 Å². The number of hydrogen-bond donors (Lipinski definition) is 1. The number of hydrogen-bond acceptors (Lipinski definition) is 10. The molecule has 11 nitrogen and oxygen atoms in total. The molecule has 0 aromatic heterocycles. The van der Waals surface area contributed by atoms with Crippen molar-refractivity contribution in [2.45, 2.75) is 57.5 Å². The van der Waals surface area contributed by atoms with E-state index in [1.54, 1.807) is 0 Å². The van der Waals surface area contributed by atoms with Crippen molar-refractivity contribution < 1.29 is 52.8 Å². The maximum Gasteiger partial charge on any atom is 0.516 e. The Balaban J connectivity index is 1.36. The van der Waals surface area contributed by atoms with Gasteiger partial charge in [-0.2, -0.15) is 0 Å². The highest BCUT2D eigenvalue weighted by Gasteiger charge is 2.34. The van der Waals surface area contributed by atoms with Crippen molar-refractivity contribution in [3.63, 3.8) is 0 Å². The number of carbonyl (C=O) groups excluding carboxylic acids is 4. The Morgan fingerprint density at radius 3 is 1.84 bits per heavy atom.